The van der Waals surface area contributed by atoms with Gasteiger partial charge in [-0.25, -0.2) is 0 Å². The van der Waals surface area contributed by atoms with Crippen LogP contribution in [0, 0.1) is 21.4 Å². The molecule has 1 aromatic heterocycles. The number of fused-ring (bicyclic) bond motifs is 1. The van der Waals surface area contributed by atoms with Gasteiger partial charge in [-0.1, -0.05) is 30.3 Å². The molecule has 2 aromatic carbocycles. The number of ether oxygens (including phenoxy) is 2. The summed E-state index contributed by atoms with van der Waals surface area (Å²) in [6.07, 6.45) is 0.688. The number of nitriles is 1. The fourth-order valence-corrected chi connectivity index (χ4v) is 5.25. The van der Waals surface area contributed by atoms with Gasteiger partial charge >= 0.3 is 0 Å². The summed E-state index contributed by atoms with van der Waals surface area (Å²) < 4.78 is 10.3. The van der Waals surface area contributed by atoms with E-state index in [1.807, 2.05) is 18.2 Å². The summed E-state index contributed by atoms with van der Waals surface area (Å²) in [5.74, 6) is -0.349. The average Bonchev–Trinajstić information content (AvgIpc) is 3.19. The van der Waals surface area contributed by atoms with Crippen molar-refractivity contribution in [2.45, 2.75) is 19.5 Å². The Kier molecular flexibility index (Phi) is 6.77. The predicted octanol–water partition coefficient (Wildman–Crippen LogP) is 4.36. The third-order valence-corrected chi connectivity index (χ3v) is 6.80. The molecule has 34 heavy (non-hydrogen) atoms. The van der Waals surface area contributed by atoms with E-state index in [1.54, 1.807) is 0 Å². The van der Waals surface area contributed by atoms with Gasteiger partial charge in [0.15, 0.2) is 11.5 Å². The van der Waals surface area contributed by atoms with Crippen LogP contribution in [0.25, 0.3) is 0 Å². The molecule has 1 aliphatic heterocycles. The number of carbonyl (C=O) groups is 1. The molecule has 1 amide bonds. The third-order valence-electron chi connectivity index (χ3n) is 5.67. The number of hydrogen-bond acceptors (Lipinski definition) is 8. The van der Waals surface area contributed by atoms with Crippen molar-refractivity contribution in [3.63, 3.8) is 0 Å². The van der Waals surface area contributed by atoms with Gasteiger partial charge < -0.3 is 14.8 Å². The zero-order chi connectivity index (χ0) is 24.2. The van der Waals surface area contributed by atoms with Gasteiger partial charge in [-0.15, -0.1) is 11.3 Å². The van der Waals surface area contributed by atoms with Gasteiger partial charge in [0.05, 0.1) is 30.8 Å². The average molecular weight is 479 g/mol. The normalized spacial score (nSPS) is 13.0. The van der Waals surface area contributed by atoms with Crippen molar-refractivity contribution in [1.82, 2.24) is 4.90 Å². The Hall–Kier alpha value is -3.94. The first-order chi connectivity index (χ1) is 16.4. The Morgan fingerprint density at radius 3 is 2.59 bits per heavy atom. The van der Waals surface area contributed by atoms with Crippen LogP contribution in [-0.4, -0.2) is 36.5 Å². The van der Waals surface area contributed by atoms with E-state index >= 15 is 0 Å². The summed E-state index contributed by atoms with van der Waals surface area (Å²) in [4.78, 5) is 27.3. The topological polar surface area (TPSA) is 118 Å². The van der Waals surface area contributed by atoms with Gasteiger partial charge in [0.25, 0.3) is 11.6 Å². The zero-order valence-corrected chi connectivity index (χ0v) is 19.5. The molecule has 10 heteroatoms. The number of nitrogens with one attached hydrogen (secondary N) is 1. The van der Waals surface area contributed by atoms with Crippen molar-refractivity contribution in [1.29, 1.82) is 5.26 Å². The monoisotopic (exact) mass is 478 g/mol. The molecule has 0 atom stereocenters. The lowest BCUT2D eigenvalue weighted by atomic mass is 10.0. The number of thiophene rings is 1. The molecule has 0 bridgehead atoms. The molecule has 3 aromatic rings. The van der Waals surface area contributed by atoms with E-state index in [4.69, 9.17) is 9.47 Å². The molecule has 0 spiro atoms. The van der Waals surface area contributed by atoms with Gasteiger partial charge in [-0.3, -0.25) is 19.8 Å². The highest BCUT2D eigenvalue weighted by Crippen LogP contribution is 2.39. The number of anilines is 1. The molecule has 0 unspecified atom stereocenters. The minimum Gasteiger partial charge on any atom is -0.493 e. The minimum atomic E-state index is -0.691. The van der Waals surface area contributed by atoms with Gasteiger partial charge in [-0.05, 0) is 17.5 Å². The third kappa shape index (κ3) is 4.57. The highest BCUT2D eigenvalue weighted by Gasteiger charge is 2.28. The lowest BCUT2D eigenvalue weighted by Crippen LogP contribution is -2.29. The van der Waals surface area contributed by atoms with Crippen LogP contribution in [0.4, 0.5) is 10.7 Å². The number of hydrogen-bond donors (Lipinski definition) is 1. The molecule has 0 fully saturated rings. The predicted molar refractivity (Wildman–Crippen MR) is 127 cm³/mol. The van der Waals surface area contributed by atoms with Gasteiger partial charge in [0.2, 0.25) is 0 Å². The fraction of sp³-hybridized carbons (Fsp3) is 0.250. The Labute approximate surface area is 200 Å². The maximum Gasteiger partial charge on any atom is 0.286 e. The zero-order valence-electron chi connectivity index (χ0n) is 18.7. The first kappa shape index (κ1) is 23.2. The van der Waals surface area contributed by atoms with E-state index in [1.165, 1.54) is 37.2 Å². The molecule has 1 aliphatic rings. The summed E-state index contributed by atoms with van der Waals surface area (Å²) >= 11 is 1.33. The molecule has 0 radical (unpaired) electrons. The highest BCUT2D eigenvalue weighted by molar-refractivity contribution is 7.16. The molecule has 1 N–H and O–H groups in total. The van der Waals surface area contributed by atoms with Crippen LogP contribution in [0.15, 0.2) is 42.5 Å². The minimum absolute atomic E-state index is 0.147. The molecule has 2 heterocycles. The van der Waals surface area contributed by atoms with E-state index in [0.717, 1.165) is 29.6 Å². The van der Waals surface area contributed by atoms with E-state index < -0.39 is 16.5 Å². The van der Waals surface area contributed by atoms with Crippen LogP contribution in [0.1, 0.15) is 31.9 Å². The number of rotatable bonds is 7. The highest BCUT2D eigenvalue weighted by atomic mass is 32.1. The molecule has 0 saturated carbocycles. The second kappa shape index (κ2) is 9.91. The van der Waals surface area contributed by atoms with Crippen molar-refractivity contribution < 1.29 is 19.2 Å². The molecule has 0 aliphatic carbocycles. The summed E-state index contributed by atoms with van der Waals surface area (Å²) in [6.45, 7) is 2.25. The second-order valence-corrected chi connectivity index (χ2v) is 8.81. The summed E-state index contributed by atoms with van der Waals surface area (Å²) in [6, 6.07) is 14.8. The van der Waals surface area contributed by atoms with Crippen molar-refractivity contribution in [2.24, 2.45) is 0 Å². The fourth-order valence-electron chi connectivity index (χ4n) is 4.01. The van der Waals surface area contributed by atoms with Gasteiger partial charge in [-0.2, -0.15) is 5.26 Å². The molecular formula is C24H22N4O5S. The second-order valence-electron chi connectivity index (χ2n) is 7.70. The first-order valence-corrected chi connectivity index (χ1v) is 11.3. The van der Waals surface area contributed by atoms with E-state index in [9.17, 15) is 20.2 Å². The SMILES string of the molecule is COc1cc(C(=O)Nc2sc3c(c2C#N)CCN(Cc2ccccc2)C3)c([N+](=O)[O-])cc1OC. The van der Waals surface area contributed by atoms with E-state index in [0.29, 0.717) is 23.5 Å². The van der Waals surface area contributed by atoms with Crippen LogP contribution in [0.2, 0.25) is 0 Å². The molecule has 0 saturated heterocycles. The van der Waals surface area contributed by atoms with Crippen molar-refractivity contribution in [3.05, 3.63) is 79.7 Å². The molecule has 4 rings (SSSR count). The Balaban J connectivity index is 1.60. The number of benzene rings is 2. The van der Waals surface area contributed by atoms with Crippen LogP contribution in [0.3, 0.4) is 0 Å². The van der Waals surface area contributed by atoms with Crippen LogP contribution in [-0.2, 0) is 19.5 Å². The lowest BCUT2D eigenvalue weighted by Gasteiger charge is -2.26. The number of amides is 1. The quantitative estimate of drug-likeness (QED) is 0.396. The van der Waals surface area contributed by atoms with Crippen molar-refractivity contribution >= 4 is 27.9 Å². The summed E-state index contributed by atoms with van der Waals surface area (Å²) in [5.41, 5.74) is 1.95. The molecular weight excluding hydrogens is 456 g/mol. The number of nitrogens with zero attached hydrogens (tertiary/aromatic N) is 3. The largest absolute Gasteiger partial charge is 0.493 e. The van der Waals surface area contributed by atoms with Crippen molar-refractivity contribution in [3.8, 4) is 17.6 Å². The van der Waals surface area contributed by atoms with Crippen LogP contribution < -0.4 is 14.8 Å². The molecule has 174 valence electrons. The van der Waals surface area contributed by atoms with Gasteiger partial charge in [0, 0.05) is 30.6 Å². The lowest BCUT2D eigenvalue weighted by molar-refractivity contribution is -0.385. The first-order valence-electron chi connectivity index (χ1n) is 10.5. The summed E-state index contributed by atoms with van der Waals surface area (Å²) in [5, 5.41) is 24.5. The maximum atomic E-state index is 13.1. The maximum absolute atomic E-state index is 13.1. The van der Waals surface area contributed by atoms with Gasteiger partial charge in [0.1, 0.15) is 16.6 Å². The standard InChI is InChI=1S/C24H22N4O5S/c1-32-20-10-17(19(28(30)31)11-21(20)33-2)23(29)26-24-18(12-25)16-8-9-27(14-22(16)34-24)13-15-6-4-3-5-7-15/h3-7,10-11H,8-9,13-14H2,1-2H3,(H,26,29). The number of nitro benzene ring substituents is 1. The number of nitro groups is 1. The van der Waals surface area contributed by atoms with Crippen LogP contribution >= 0.6 is 11.3 Å². The summed E-state index contributed by atoms with van der Waals surface area (Å²) in [7, 11) is 2.74. The van der Waals surface area contributed by atoms with Crippen molar-refractivity contribution in [2.75, 3.05) is 26.1 Å². The Morgan fingerprint density at radius 1 is 1.24 bits per heavy atom. The Morgan fingerprint density at radius 2 is 1.94 bits per heavy atom. The Bertz CT molecular complexity index is 1280. The molecule has 9 nitrogen and oxygen atoms in total. The van der Waals surface area contributed by atoms with E-state index in [2.05, 4.69) is 28.4 Å². The smallest absolute Gasteiger partial charge is 0.286 e. The number of carbonyl (C=O) groups excluding carboxylic acids is 1. The number of methoxy groups -OCH3 is 2. The van der Waals surface area contributed by atoms with Crippen LogP contribution in [0.5, 0.6) is 11.5 Å². The van der Waals surface area contributed by atoms with E-state index in [-0.39, 0.29) is 17.1 Å².